The van der Waals surface area contributed by atoms with Crippen LogP contribution in [0.2, 0.25) is 0 Å². The lowest BCUT2D eigenvalue weighted by Gasteiger charge is -2.13. The summed E-state index contributed by atoms with van der Waals surface area (Å²) in [5.41, 5.74) is 3.53. The Balaban J connectivity index is 2.30. The van der Waals surface area contributed by atoms with Crippen molar-refractivity contribution in [3.8, 4) is 11.5 Å². The third kappa shape index (κ3) is 2.90. The molecule has 2 rings (SSSR count). The first-order chi connectivity index (χ1) is 8.70. The Morgan fingerprint density at radius 2 is 1.78 bits per heavy atom. The molecule has 0 heterocycles. The van der Waals surface area contributed by atoms with E-state index in [1.165, 1.54) is 11.1 Å². The minimum atomic E-state index is 0.807. The topological polar surface area (TPSA) is 21.3 Å². The van der Waals surface area contributed by atoms with E-state index in [-0.39, 0.29) is 0 Å². The van der Waals surface area contributed by atoms with Gasteiger partial charge in [-0.1, -0.05) is 30.3 Å². The highest BCUT2D eigenvalue weighted by Crippen LogP contribution is 2.28. The van der Waals surface area contributed by atoms with E-state index in [1.807, 2.05) is 25.2 Å². The summed E-state index contributed by atoms with van der Waals surface area (Å²) < 4.78 is 6.03. The van der Waals surface area contributed by atoms with Gasteiger partial charge in [-0.2, -0.15) is 0 Å². The molecule has 0 aliphatic heterocycles. The molecule has 0 aliphatic carbocycles. The lowest BCUT2D eigenvalue weighted by atomic mass is 10.1. The van der Waals surface area contributed by atoms with Crippen LogP contribution in [0.3, 0.4) is 0 Å². The Kier molecular flexibility index (Phi) is 4.00. The number of rotatable bonds is 4. The second-order valence-corrected chi connectivity index (χ2v) is 4.51. The lowest BCUT2D eigenvalue weighted by Crippen LogP contribution is -2.06. The van der Waals surface area contributed by atoms with E-state index >= 15 is 0 Å². The Hall–Kier alpha value is -1.80. The monoisotopic (exact) mass is 241 g/mol. The van der Waals surface area contributed by atoms with E-state index in [2.05, 4.69) is 43.4 Å². The first-order valence-electron chi connectivity index (χ1n) is 6.18. The summed E-state index contributed by atoms with van der Waals surface area (Å²) in [7, 11) is 1.94. The van der Waals surface area contributed by atoms with Gasteiger partial charge in [0.2, 0.25) is 0 Å². The fourth-order valence-corrected chi connectivity index (χ4v) is 1.88. The van der Waals surface area contributed by atoms with Crippen LogP contribution in [-0.4, -0.2) is 7.05 Å². The van der Waals surface area contributed by atoms with E-state index in [0.717, 1.165) is 23.6 Å². The molecule has 1 N–H and O–H groups in total. The van der Waals surface area contributed by atoms with E-state index in [0.29, 0.717) is 0 Å². The zero-order chi connectivity index (χ0) is 13.0. The third-order valence-corrected chi connectivity index (χ3v) is 2.90. The first-order valence-corrected chi connectivity index (χ1v) is 6.18. The zero-order valence-corrected chi connectivity index (χ0v) is 11.2. The van der Waals surface area contributed by atoms with Crippen LogP contribution in [-0.2, 0) is 6.54 Å². The van der Waals surface area contributed by atoms with Gasteiger partial charge < -0.3 is 10.1 Å². The number of aryl methyl sites for hydroxylation is 2. The standard InChI is InChI=1S/C16H19NO/c1-12-8-9-13(2)16(10-12)18-15-7-5-4-6-14(15)11-17-3/h4-10,17H,11H2,1-3H3. The van der Waals surface area contributed by atoms with Crippen molar-refractivity contribution >= 4 is 0 Å². The van der Waals surface area contributed by atoms with Crippen LogP contribution in [0.25, 0.3) is 0 Å². The van der Waals surface area contributed by atoms with Crippen molar-refractivity contribution in [1.29, 1.82) is 0 Å². The molecule has 2 aromatic carbocycles. The summed E-state index contributed by atoms with van der Waals surface area (Å²) in [4.78, 5) is 0. The number of para-hydroxylation sites is 1. The number of hydrogen-bond donors (Lipinski definition) is 1. The van der Waals surface area contributed by atoms with Crippen LogP contribution in [0.1, 0.15) is 16.7 Å². The Morgan fingerprint density at radius 3 is 2.56 bits per heavy atom. The van der Waals surface area contributed by atoms with Crippen LogP contribution < -0.4 is 10.1 Å². The van der Waals surface area contributed by atoms with Gasteiger partial charge in [0.1, 0.15) is 11.5 Å². The number of benzene rings is 2. The molecule has 0 spiro atoms. The van der Waals surface area contributed by atoms with Crippen molar-refractivity contribution in [2.75, 3.05) is 7.05 Å². The zero-order valence-electron chi connectivity index (χ0n) is 11.2. The van der Waals surface area contributed by atoms with Gasteiger partial charge in [0.05, 0.1) is 0 Å². The van der Waals surface area contributed by atoms with E-state index in [1.54, 1.807) is 0 Å². The fourth-order valence-electron chi connectivity index (χ4n) is 1.88. The molecule has 0 fully saturated rings. The second kappa shape index (κ2) is 5.69. The molecule has 0 radical (unpaired) electrons. The minimum absolute atomic E-state index is 0.807. The van der Waals surface area contributed by atoms with Crippen LogP contribution in [0, 0.1) is 13.8 Å². The average Bonchev–Trinajstić information content (AvgIpc) is 2.36. The van der Waals surface area contributed by atoms with Gasteiger partial charge in [-0.3, -0.25) is 0 Å². The fraction of sp³-hybridized carbons (Fsp3) is 0.250. The largest absolute Gasteiger partial charge is 0.457 e. The Morgan fingerprint density at radius 1 is 1.00 bits per heavy atom. The maximum Gasteiger partial charge on any atom is 0.131 e. The van der Waals surface area contributed by atoms with Gasteiger partial charge in [-0.05, 0) is 44.2 Å². The molecular formula is C16H19NO. The van der Waals surface area contributed by atoms with Gasteiger partial charge in [0, 0.05) is 12.1 Å². The highest BCUT2D eigenvalue weighted by atomic mass is 16.5. The van der Waals surface area contributed by atoms with Crippen LogP contribution in [0.15, 0.2) is 42.5 Å². The van der Waals surface area contributed by atoms with Crippen molar-refractivity contribution in [3.05, 3.63) is 59.2 Å². The predicted octanol–water partition coefficient (Wildman–Crippen LogP) is 3.82. The predicted molar refractivity (Wildman–Crippen MR) is 75.2 cm³/mol. The molecule has 0 bridgehead atoms. The average molecular weight is 241 g/mol. The molecule has 0 aliphatic rings. The van der Waals surface area contributed by atoms with Gasteiger partial charge in [0.25, 0.3) is 0 Å². The van der Waals surface area contributed by atoms with Gasteiger partial charge in [-0.25, -0.2) is 0 Å². The van der Waals surface area contributed by atoms with E-state index < -0.39 is 0 Å². The highest BCUT2D eigenvalue weighted by molar-refractivity contribution is 5.42. The number of ether oxygens (including phenoxy) is 1. The number of nitrogens with one attached hydrogen (secondary N) is 1. The lowest BCUT2D eigenvalue weighted by molar-refractivity contribution is 0.470. The smallest absolute Gasteiger partial charge is 0.131 e. The molecule has 94 valence electrons. The molecule has 0 atom stereocenters. The molecule has 0 saturated heterocycles. The van der Waals surface area contributed by atoms with Crippen molar-refractivity contribution in [1.82, 2.24) is 5.32 Å². The molecule has 0 aromatic heterocycles. The summed E-state index contributed by atoms with van der Waals surface area (Å²) in [6, 6.07) is 14.4. The molecule has 2 nitrogen and oxygen atoms in total. The van der Waals surface area contributed by atoms with Crippen LogP contribution >= 0.6 is 0 Å². The summed E-state index contributed by atoms with van der Waals surface area (Å²) in [6.07, 6.45) is 0. The van der Waals surface area contributed by atoms with Crippen LogP contribution in [0.5, 0.6) is 11.5 Å². The van der Waals surface area contributed by atoms with Gasteiger partial charge in [-0.15, -0.1) is 0 Å². The van der Waals surface area contributed by atoms with Gasteiger partial charge >= 0.3 is 0 Å². The van der Waals surface area contributed by atoms with Crippen molar-refractivity contribution in [3.63, 3.8) is 0 Å². The molecule has 0 unspecified atom stereocenters. The Bertz CT molecular complexity index is 534. The molecule has 18 heavy (non-hydrogen) atoms. The normalized spacial score (nSPS) is 10.4. The van der Waals surface area contributed by atoms with E-state index in [9.17, 15) is 0 Å². The summed E-state index contributed by atoms with van der Waals surface area (Å²) in [5, 5.41) is 3.16. The van der Waals surface area contributed by atoms with Crippen molar-refractivity contribution < 1.29 is 4.74 Å². The summed E-state index contributed by atoms with van der Waals surface area (Å²) in [6.45, 7) is 4.95. The quantitative estimate of drug-likeness (QED) is 0.878. The van der Waals surface area contributed by atoms with Crippen molar-refractivity contribution in [2.24, 2.45) is 0 Å². The summed E-state index contributed by atoms with van der Waals surface area (Å²) in [5.74, 6) is 1.85. The molecule has 0 saturated carbocycles. The van der Waals surface area contributed by atoms with Gasteiger partial charge in [0.15, 0.2) is 0 Å². The van der Waals surface area contributed by atoms with Crippen molar-refractivity contribution in [2.45, 2.75) is 20.4 Å². The maximum atomic E-state index is 6.03. The first kappa shape index (κ1) is 12.7. The molecule has 0 amide bonds. The molecule has 2 aromatic rings. The third-order valence-electron chi connectivity index (χ3n) is 2.90. The SMILES string of the molecule is CNCc1ccccc1Oc1cc(C)ccc1C. The molecular weight excluding hydrogens is 222 g/mol. The Labute approximate surface area is 109 Å². The molecule has 2 heteroatoms. The maximum absolute atomic E-state index is 6.03. The number of hydrogen-bond acceptors (Lipinski definition) is 2. The minimum Gasteiger partial charge on any atom is -0.457 e. The second-order valence-electron chi connectivity index (χ2n) is 4.51. The van der Waals surface area contributed by atoms with E-state index in [4.69, 9.17) is 4.74 Å². The highest BCUT2D eigenvalue weighted by Gasteiger charge is 2.05. The summed E-state index contributed by atoms with van der Waals surface area (Å²) >= 11 is 0. The van der Waals surface area contributed by atoms with Crippen LogP contribution in [0.4, 0.5) is 0 Å².